The molecule has 0 N–H and O–H groups in total. The van der Waals surface area contributed by atoms with Crippen LogP contribution < -0.4 is 9.47 Å². The van der Waals surface area contributed by atoms with Gasteiger partial charge in [0, 0.05) is 7.05 Å². The maximum Gasteiger partial charge on any atom is 0.343 e. The molecule has 0 spiro atoms. The lowest BCUT2D eigenvalue weighted by atomic mass is 10.1. The number of carbonyl (C=O) groups excluding carboxylic acids is 2. The second-order valence-corrected chi connectivity index (χ2v) is 7.22. The molecule has 0 unspecified atom stereocenters. The van der Waals surface area contributed by atoms with Gasteiger partial charge in [0.1, 0.15) is 10.1 Å². The number of ether oxygens (including phenoxy) is 2. The Bertz CT molecular complexity index is 957. The van der Waals surface area contributed by atoms with Crippen LogP contribution in [0.5, 0.6) is 11.5 Å². The van der Waals surface area contributed by atoms with Crippen molar-refractivity contribution in [1.82, 2.24) is 4.90 Å². The quantitative estimate of drug-likeness (QED) is 0.334. The van der Waals surface area contributed by atoms with Gasteiger partial charge in [-0.1, -0.05) is 30.0 Å². The zero-order chi connectivity index (χ0) is 19.6. The number of thioether (sulfide) groups is 1. The van der Waals surface area contributed by atoms with Crippen LogP contribution in [0.1, 0.15) is 15.9 Å². The Labute approximate surface area is 164 Å². The number of hydrogen-bond donors (Lipinski definition) is 0. The third-order valence-electron chi connectivity index (χ3n) is 3.75. The molecule has 1 saturated heterocycles. The van der Waals surface area contributed by atoms with Gasteiger partial charge in [-0.25, -0.2) is 9.18 Å². The molecule has 0 radical (unpaired) electrons. The Morgan fingerprint density at radius 3 is 2.48 bits per heavy atom. The van der Waals surface area contributed by atoms with Gasteiger partial charge in [0.2, 0.25) is 0 Å². The van der Waals surface area contributed by atoms with E-state index in [9.17, 15) is 14.0 Å². The van der Waals surface area contributed by atoms with Gasteiger partial charge in [-0.15, -0.1) is 0 Å². The predicted molar refractivity (Wildman–Crippen MR) is 105 cm³/mol. The molecule has 2 aromatic rings. The van der Waals surface area contributed by atoms with Crippen LogP contribution in [0.15, 0.2) is 47.4 Å². The lowest BCUT2D eigenvalue weighted by Crippen LogP contribution is -2.22. The maximum atomic E-state index is 13.0. The Kier molecular flexibility index (Phi) is 5.57. The molecule has 8 heteroatoms. The average molecular weight is 403 g/mol. The molecule has 0 saturated carbocycles. The SMILES string of the molecule is COc1cc(/C=C2\SC(=S)N(C)C2=O)ccc1OC(=O)c1ccc(F)cc1. The first-order valence-corrected chi connectivity index (χ1v) is 8.99. The molecule has 1 aliphatic rings. The van der Waals surface area contributed by atoms with Crippen molar-refractivity contribution in [1.29, 1.82) is 0 Å². The zero-order valence-corrected chi connectivity index (χ0v) is 16.0. The van der Waals surface area contributed by atoms with Crippen LogP contribution in [0.2, 0.25) is 0 Å². The van der Waals surface area contributed by atoms with Crippen molar-refractivity contribution in [3.05, 3.63) is 64.3 Å². The first kappa shape index (κ1) is 19.1. The highest BCUT2D eigenvalue weighted by atomic mass is 32.2. The molecule has 1 aliphatic heterocycles. The molecule has 138 valence electrons. The highest BCUT2D eigenvalue weighted by molar-refractivity contribution is 8.26. The van der Waals surface area contributed by atoms with E-state index in [1.807, 2.05) is 0 Å². The van der Waals surface area contributed by atoms with Gasteiger partial charge in [-0.2, -0.15) is 0 Å². The van der Waals surface area contributed by atoms with Gasteiger partial charge in [-0.3, -0.25) is 9.69 Å². The van der Waals surface area contributed by atoms with E-state index >= 15 is 0 Å². The first-order valence-electron chi connectivity index (χ1n) is 7.76. The van der Waals surface area contributed by atoms with Crippen molar-refractivity contribution in [2.75, 3.05) is 14.2 Å². The third kappa shape index (κ3) is 4.17. The molecule has 27 heavy (non-hydrogen) atoms. The van der Waals surface area contributed by atoms with Crippen LogP contribution in [0.3, 0.4) is 0 Å². The number of nitrogens with zero attached hydrogens (tertiary/aromatic N) is 1. The van der Waals surface area contributed by atoms with E-state index in [4.69, 9.17) is 21.7 Å². The first-order chi connectivity index (χ1) is 12.9. The molecule has 5 nitrogen and oxygen atoms in total. The molecule has 3 rings (SSSR count). The van der Waals surface area contributed by atoms with Gasteiger partial charge in [0.25, 0.3) is 5.91 Å². The van der Waals surface area contributed by atoms with E-state index in [0.29, 0.717) is 20.5 Å². The van der Waals surface area contributed by atoms with Crippen molar-refractivity contribution in [3.63, 3.8) is 0 Å². The summed E-state index contributed by atoms with van der Waals surface area (Å²) in [5.74, 6) is -0.701. The van der Waals surface area contributed by atoms with Crippen LogP contribution in [-0.4, -0.2) is 35.3 Å². The number of halogens is 1. The highest BCUT2D eigenvalue weighted by Gasteiger charge is 2.28. The molecule has 1 heterocycles. The number of likely N-dealkylation sites (N-methyl/N-ethyl adjacent to an activating group) is 1. The number of thiocarbonyl (C=S) groups is 1. The monoisotopic (exact) mass is 403 g/mol. The van der Waals surface area contributed by atoms with Crippen LogP contribution in [0.4, 0.5) is 4.39 Å². The minimum Gasteiger partial charge on any atom is -0.493 e. The van der Waals surface area contributed by atoms with Gasteiger partial charge in [-0.05, 0) is 48.0 Å². The second-order valence-electron chi connectivity index (χ2n) is 5.55. The van der Waals surface area contributed by atoms with E-state index < -0.39 is 11.8 Å². The van der Waals surface area contributed by atoms with Gasteiger partial charge in [0.15, 0.2) is 11.5 Å². The summed E-state index contributed by atoms with van der Waals surface area (Å²) >= 11 is 6.32. The highest BCUT2D eigenvalue weighted by Crippen LogP contribution is 2.34. The Hall–Kier alpha value is -2.71. The largest absolute Gasteiger partial charge is 0.493 e. The van der Waals surface area contributed by atoms with E-state index in [1.165, 1.54) is 48.0 Å². The number of benzene rings is 2. The summed E-state index contributed by atoms with van der Waals surface area (Å²) in [7, 11) is 3.07. The van der Waals surface area contributed by atoms with Gasteiger partial charge < -0.3 is 9.47 Å². The molecule has 0 aromatic heterocycles. The molecule has 2 aromatic carbocycles. The number of amides is 1. The molecule has 0 atom stereocenters. The van der Waals surface area contributed by atoms with Crippen molar-refractivity contribution in [3.8, 4) is 11.5 Å². The Morgan fingerprint density at radius 2 is 1.89 bits per heavy atom. The number of rotatable bonds is 4. The summed E-state index contributed by atoms with van der Waals surface area (Å²) in [6.45, 7) is 0. The zero-order valence-electron chi connectivity index (χ0n) is 14.4. The summed E-state index contributed by atoms with van der Waals surface area (Å²) in [4.78, 5) is 26.2. The summed E-state index contributed by atoms with van der Waals surface area (Å²) < 4.78 is 24.1. The summed E-state index contributed by atoms with van der Waals surface area (Å²) in [6.07, 6.45) is 1.69. The number of methoxy groups -OCH3 is 1. The van der Waals surface area contributed by atoms with Crippen LogP contribution in [0, 0.1) is 5.82 Å². The third-order valence-corrected chi connectivity index (χ3v) is 5.24. The summed E-state index contributed by atoms with van der Waals surface area (Å²) in [5.41, 5.74) is 0.913. The summed E-state index contributed by atoms with van der Waals surface area (Å²) in [6, 6.07) is 9.95. The fourth-order valence-corrected chi connectivity index (χ4v) is 3.48. The standard InChI is InChI=1S/C19H14FNO4S2/c1-21-17(22)16(27-19(21)26)10-11-3-8-14(15(9-11)24-2)25-18(23)12-4-6-13(20)7-5-12/h3-10H,1-2H3/b16-10-. The fourth-order valence-electron chi connectivity index (χ4n) is 2.30. The predicted octanol–water partition coefficient (Wildman–Crippen LogP) is 3.88. The van der Waals surface area contributed by atoms with Crippen LogP contribution in [0.25, 0.3) is 6.08 Å². The Morgan fingerprint density at radius 1 is 1.19 bits per heavy atom. The fraction of sp³-hybridized carbons (Fsp3) is 0.105. The van der Waals surface area contributed by atoms with E-state index in [0.717, 1.165) is 0 Å². The maximum absolute atomic E-state index is 13.0. The lowest BCUT2D eigenvalue weighted by molar-refractivity contribution is -0.121. The molecule has 1 fully saturated rings. The van der Waals surface area contributed by atoms with Crippen molar-refractivity contribution in [2.24, 2.45) is 0 Å². The molecule has 0 bridgehead atoms. The van der Waals surface area contributed by atoms with Crippen molar-refractivity contribution >= 4 is 46.3 Å². The molecular formula is C19H14FNO4S2. The minimum absolute atomic E-state index is 0.171. The number of carbonyl (C=O) groups is 2. The van der Waals surface area contributed by atoms with Crippen LogP contribution >= 0.6 is 24.0 Å². The van der Waals surface area contributed by atoms with Crippen molar-refractivity contribution in [2.45, 2.75) is 0 Å². The van der Waals surface area contributed by atoms with Crippen molar-refractivity contribution < 1.29 is 23.5 Å². The smallest absolute Gasteiger partial charge is 0.343 e. The minimum atomic E-state index is -0.632. The van der Waals surface area contributed by atoms with E-state index in [2.05, 4.69) is 0 Å². The Balaban J connectivity index is 1.82. The molecule has 1 amide bonds. The van der Waals surface area contributed by atoms with Crippen LogP contribution in [-0.2, 0) is 4.79 Å². The normalized spacial score (nSPS) is 15.4. The topological polar surface area (TPSA) is 55.8 Å². The van der Waals surface area contributed by atoms with E-state index in [1.54, 1.807) is 31.3 Å². The van der Waals surface area contributed by atoms with E-state index in [-0.39, 0.29) is 17.2 Å². The van der Waals surface area contributed by atoms with Gasteiger partial charge in [0.05, 0.1) is 17.6 Å². The average Bonchev–Trinajstić information content (AvgIpc) is 2.90. The lowest BCUT2D eigenvalue weighted by Gasteiger charge is -2.10. The second kappa shape index (κ2) is 7.89. The number of hydrogen-bond acceptors (Lipinski definition) is 6. The number of esters is 1. The molecular weight excluding hydrogens is 389 g/mol. The van der Waals surface area contributed by atoms with Gasteiger partial charge >= 0.3 is 5.97 Å². The molecule has 0 aliphatic carbocycles. The summed E-state index contributed by atoms with van der Waals surface area (Å²) in [5, 5.41) is 0.